The van der Waals surface area contributed by atoms with Crippen molar-refractivity contribution < 1.29 is 0 Å². The number of nitrogens with one attached hydrogen (secondary N) is 1. The molecule has 0 aromatic carbocycles. The average molecular weight is 239 g/mol. The van der Waals surface area contributed by atoms with Crippen LogP contribution in [0.25, 0.3) is 0 Å². The number of aromatic nitrogens is 1. The normalized spacial score (nSPS) is 20.6. The molecule has 2 rings (SSSR count). The van der Waals surface area contributed by atoms with Gasteiger partial charge >= 0.3 is 0 Å². The van der Waals surface area contributed by atoms with Gasteiger partial charge in [-0.25, -0.2) is 4.98 Å². The second-order valence-electron chi connectivity index (χ2n) is 4.33. The summed E-state index contributed by atoms with van der Waals surface area (Å²) in [4.78, 5) is 8.49. The Morgan fingerprint density at radius 3 is 3.12 bits per heavy atom. The van der Waals surface area contributed by atoms with Gasteiger partial charge in [-0.15, -0.1) is 11.3 Å². The van der Waals surface area contributed by atoms with Gasteiger partial charge in [0.05, 0.1) is 6.04 Å². The van der Waals surface area contributed by atoms with Crippen LogP contribution in [-0.4, -0.2) is 36.1 Å². The van der Waals surface area contributed by atoms with Crippen molar-refractivity contribution in [1.29, 1.82) is 0 Å². The fourth-order valence-electron chi connectivity index (χ4n) is 2.09. The van der Waals surface area contributed by atoms with Crippen molar-refractivity contribution in [3.8, 4) is 0 Å². The summed E-state index contributed by atoms with van der Waals surface area (Å²) < 4.78 is 0. The van der Waals surface area contributed by atoms with Crippen LogP contribution < -0.4 is 5.32 Å². The lowest BCUT2D eigenvalue weighted by Crippen LogP contribution is -2.30. The largest absolute Gasteiger partial charge is 0.315 e. The quantitative estimate of drug-likeness (QED) is 0.875. The number of hydrogen-bond acceptors (Lipinski definition) is 4. The summed E-state index contributed by atoms with van der Waals surface area (Å²) in [5, 5.41) is 4.72. The Labute approximate surface area is 102 Å². The zero-order valence-corrected chi connectivity index (χ0v) is 11.0. The molecule has 1 saturated heterocycles. The lowest BCUT2D eigenvalue weighted by Gasteiger charge is -2.25. The maximum absolute atomic E-state index is 4.55. The van der Waals surface area contributed by atoms with Crippen LogP contribution >= 0.6 is 11.3 Å². The van der Waals surface area contributed by atoms with Crippen LogP contribution in [0, 0.1) is 0 Å². The van der Waals surface area contributed by atoms with Crippen LogP contribution in [0.2, 0.25) is 0 Å². The molecule has 1 aromatic rings. The number of thiazole rings is 1. The molecule has 0 aliphatic carbocycles. The lowest BCUT2D eigenvalue weighted by molar-refractivity contribution is 0.225. The minimum absolute atomic E-state index is 0.477. The number of aryl methyl sites for hydroxylation is 1. The average Bonchev–Trinajstić information content (AvgIpc) is 2.62. The van der Waals surface area contributed by atoms with Crippen molar-refractivity contribution in [1.82, 2.24) is 15.2 Å². The number of nitrogens with zero attached hydrogens (tertiary/aromatic N) is 2. The molecule has 0 amide bonds. The molecule has 0 bridgehead atoms. The fraction of sp³-hybridized carbons (Fsp3) is 0.750. The first kappa shape index (κ1) is 12.0. The van der Waals surface area contributed by atoms with Gasteiger partial charge in [0.15, 0.2) is 0 Å². The Morgan fingerprint density at radius 2 is 2.38 bits per heavy atom. The molecule has 1 fully saturated rings. The summed E-state index contributed by atoms with van der Waals surface area (Å²) in [5.74, 6) is 0. The molecule has 3 nitrogen and oxygen atoms in total. The third kappa shape index (κ3) is 2.81. The van der Waals surface area contributed by atoms with Crippen LogP contribution in [0.1, 0.15) is 36.2 Å². The second-order valence-corrected chi connectivity index (χ2v) is 5.48. The molecule has 1 aromatic heterocycles. The van der Waals surface area contributed by atoms with Crippen molar-refractivity contribution in [2.24, 2.45) is 0 Å². The highest BCUT2D eigenvalue weighted by atomic mass is 32.1. The summed E-state index contributed by atoms with van der Waals surface area (Å²) in [6.07, 6.45) is 4.38. The van der Waals surface area contributed by atoms with E-state index >= 15 is 0 Å². The van der Waals surface area contributed by atoms with Crippen molar-refractivity contribution >= 4 is 11.3 Å². The van der Waals surface area contributed by atoms with E-state index in [0.717, 1.165) is 26.1 Å². The zero-order chi connectivity index (χ0) is 11.4. The highest BCUT2D eigenvalue weighted by molar-refractivity contribution is 7.11. The van der Waals surface area contributed by atoms with Crippen molar-refractivity contribution in [3.63, 3.8) is 0 Å². The van der Waals surface area contributed by atoms with Gasteiger partial charge < -0.3 is 5.32 Å². The van der Waals surface area contributed by atoms with E-state index in [1.807, 2.05) is 17.5 Å². The van der Waals surface area contributed by atoms with Gasteiger partial charge in [0.1, 0.15) is 5.01 Å². The monoisotopic (exact) mass is 239 g/mol. The van der Waals surface area contributed by atoms with Crippen LogP contribution in [0.4, 0.5) is 0 Å². The Bertz CT molecular complexity index is 316. The molecule has 16 heavy (non-hydrogen) atoms. The van der Waals surface area contributed by atoms with Crippen LogP contribution in [0.15, 0.2) is 6.20 Å². The lowest BCUT2D eigenvalue weighted by atomic mass is 10.2. The van der Waals surface area contributed by atoms with Gasteiger partial charge in [-0.2, -0.15) is 0 Å². The first-order chi connectivity index (χ1) is 7.81. The maximum atomic E-state index is 4.55. The van der Waals surface area contributed by atoms with Crippen LogP contribution in [-0.2, 0) is 6.42 Å². The van der Waals surface area contributed by atoms with E-state index in [9.17, 15) is 0 Å². The minimum Gasteiger partial charge on any atom is -0.315 e. The summed E-state index contributed by atoms with van der Waals surface area (Å²) in [6.45, 7) is 9.07. The van der Waals surface area contributed by atoms with Crippen molar-refractivity contribution in [2.45, 2.75) is 32.7 Å². The van der Waals surface area contributed by atoms with Gasteiger partial charge in [0, 0.05) is 30.7 Å². The van der Waals surface area contributed by atoms with Crippen molar-refractivity contribution in [2.75, 3.05) is 26.2 Å². The summed E-state index contributed by atoms with van der Waals surface area (Å²) in [6, 6.07) is 0.477. The smallest absolute Gasteiger partial charge is 0.110 e. The Kier molecular flexibility index (Phi) is 4.32. The molecule has 1 unspecified atom stereocenters. The van der Waals surface area contributed by atoms with Gasteiger partial charge in [0.25, 0.3) is 0 Å². The molecule has 4 heteroatoms. The predicted octanol–water partition coefficient (Wildman–Crippen LogP) is 2.06. The first-order valence-corrected chi connectivity index (χ1v) is 7.02. The zero-order valence-electron chi connectivity index (χ0n) is 10.2. The molecular weight excluding hydrogens is 218 g/mol. The van der Waals surface area contributed by atoms with E-state index in [1.165, 1.54) is 22.9 Å². The van der Waals surface area contributed by atoms with E-state index in [-0.39, 0.29) is 0 Å². The van der Waals surface area contributed by atoms with Crippen molar-refractivity contribution in [3.05, 3.63) is 16.1 Å². The van der Waals surface area contributed by atoms with E-state index in [4.69, 9.17) is 0 Å². The third-order valence-corrected chi connectivity index (χ3v) is 4.51. The maximum Gasteiger partial charge on any atom is 0.110 e. The summed E-state index contributed by atoms with van der Waals surface area (Å²) >= 11 is 1.87. The van der Waals surface area contributed by atoms with Crippen LogP contribution in [0.3, 0.4) is 0 Å². The fourth-order valence-corrected chi connectivity index (χ4v) is 3.03. The third-order valence-electron chi connectivity index (χ3n) is 3.20. The molecule has 0 radical (unpaired) electrons. The second kappa shape index (κ2) is 5.75. The molecule has 2 heterocycles. The molecule has 1 atom stereocenters. The highest BCUT2D eigenvalue weighted by Gasteiger charge is 2.19. The first-order valence-electron chi connectivity index (χ1n) is 6.20. The minimum atomic E-state index is 0.477. The van der Waals surface area contributed by atoms with Crippen LogP contribution in [0.5, 0.6) is 0 Å². The van der Waals surface area contributed by atoms with E-state index in [0.29, 0.717) is 6.04 Å². The topological polar surface area (TPSA) is 28.2 Å². The summed E-state index contributed by atoms with van der Waals surface area (Å²) in [5.41, 5.74) is 0. The van der Waals surface area contributed by atoms with E-state index in [2.05, 4.69) is 29.0 Å². The Morgan fingerprint density at radius 1 is 1.50 bits per heavy atom. The molecule has 0 spiro atoms. The molecule has 1 aliphatic heterocycles. The number of hydrogen-bond donors (Lipinski definition) is 1. The van der Waals surface area contributed by atoms with E-state index < -0.39 is 0 Å². The Balaban J connectivity index is 2.01. The standard InChI is InChI=1S/C12H21N3S/c1-3-11-9-14-12(16-11)10(2)15-7-4-5-13-6-8-15/h9-10,13H,3-8H2,1-2H3. The summed E-state index contributed by atoms with van der Waals surface area (Å²) in [7, 11) is 0. The van der Waals surface area contributed by atoms with Gasteiger partial charge in [-0.05, 0) is 26.3 Å². The number of rotatable bonds is 3. The van der Waals surface area contributed by atoms with E-state index in [1.54, 1.807) is 0 Å². The van der Waals surface area contributed by atoms with Gasteiger partial charge in [-0.3, -0.25) is 4.90 Å². The molecule has 0 saturated carbocycles. The SMILES string of the molecule is CCc1cnc(C(C)N2CCCNCC2)s1. The Hall–Kier alpha value is -0.450. The predicted molar refractivity (Wildman–Crippen MR) is 69.0 cm³/mol. The highest BCUT2D eigenvalue weighted by Crippen LogP contribution is 2.25. The molecule has 1 N–H and O–H groups in total. The molecular formula is C12H21N3S. The van der Waals surface area contributed by atoms with Gasteiger partial charge in [-0.1, -0.05) is 6.92 Å². The molecule has 90 valence electrons. The van der Waals surface area contributed by atoms with Gasteiger partial charge in [0.2, 0.25) is 0 Å². The molecule has 1 aliphatic rings.